The second-order valence-corrected chi connectivity index (χ2v) is 8.64. The molecule has 0 spiro atoms. The van der Waals surface area contributed by atoms with Gasteiger partial charge in [0.1, 0.15) is 6.61 Å². The van der Waals surface area contributed by atoms with Crippen LogP contribution in [0.4, 0.5) is 11.4 Å². The number of hydrogen-bond acceptors (Lipinski definition) is 5. The molecule has 0 radical (unpaired) electrons. The highest BCUT2D eigenvalue weighted by Crippen LogP contribution is 2.30. The maximum Gasteiger partial charge on any atom is 0.253 e. The summed E-state index contributed by atoms with van der Waals surface area (Å²) in [5.41, 5.74) is 3.45. The van der Waals surface area contributed by atoms with E-state index < -0.39 is 0 Å². The Kier molecular flexibility index (Phi) is 10.4. The van der Waals surface area contributed by atoms with Crippen LogP contribution < -0.4 is 15.5 Å². The molecule has 7 heteroatoms. The molecule has 1 saturated heterocycles. The van der Waals surface area contributed by atoms with Gasteiger partial charge in [-0.2, -0.15) is 0 Å². The van der Waals surface area contributed by atoms with Gasteiger partial charge >= 0.3 is 0 Å². The number of carbonyl (C=O) groups excluding carboxylic acids is 2. The standard InChI is InChI=1S/C27H37N3O4/c1-3-34-17-7-14-28-27(32)24-19-23(29-26(31)20-33-2)10-11-25(24)30-15-12-22(13-16-30)18-21-8-5-4-6-9-21/h4-6,8-11,19,22H,3,7,12-18,20H2,1-2H3,(H,28,32)(H,29,31). The number of amides is 2. The summed E-state index contributed by atoms with van der Waals surface area (Å²) in [6.45, 7) is 5.55. The second kappa shape index (κ2) is 13.7. The topological polar surface area (TPSA) is 79.9 Å². The smallest absolute Gasteiger partial charge is 0.253 e. The van der Waals surface area contributed by atoms with Gasteiger partial charge in [-0.25, -0.2) is 0 Å². The van der Waals surface area contributed by atoms with Gasteiger partial charge in [0.15, 0.2) is 0 Å². The molecule has 3 rings (SSSR count). The lowest BCUT2D eigenvalue weighted by atomic mass is 9.89. The number of nitrogens with one attached hydrogen (secondary N) is 2. The molecular weight excluding hydrogens is 430 g/mol. The fraction of sp³-hybridized carbons (Fsp3) is 0.481. The van der Waals surface area contributed by atoms with Crippen molar-refractivity contribution in [3.63, 3.8) is 0 Å². The number of anilines is 2. The van der Waals surface area contributed by atoms with Gasteiger partial charge in [0.2, 0.25) is 5.91 Å². The van der Waals surface area contributed by atoms with E-state index in [9.17, 15) is 9.59 Å². The van der Waals surface area contributed by atoms with Crippen LogP contribution in [0.5, 0.6) is 0 Å². The van der Waals surface area contributed by atoms with Gasteiger partial charge in [-0.3, -0.25) is 9.59 Å². The Morgan fingerprint density at radius 3 is 2.56 bits per heavy atom. The van der Waals surface area contributed by atoms with Crippen molar-refractivity contribution in [1.29, 1.82) is 0 Å². The molecule has 2 aromatic rings. The van der Waals surface area contributed by atoms with Crippen molar-refractivity contribution in [3.05, 3.63) is 59.7 Å². The van der Waals surface area contributed by atoms with Crippen molar-refractivity contribution in [2.24, 2.45) is 5.92 Å². The van der Waals surface area contributed by atoms with E-state index >= 15 is 0 Å². The fourth-order valence-corrected chi connectivity index (χ4v) is 4.34. The third-order valence-electron chi connectivity index (χ3n) is 6.08. The van der Waals surface area contributed by atoms with Crippen LogP contribution in [0, 0.1) is 5.92 Å². The molecule has 1 fully saturated rings. The van der Waals surface area contributed by atoms with Crippen LogP contribution in [0.1, 0.15) is 42.1 Å². The molecule has 2 aromatic carbocycles. The minimum absolute atomic E-state index is 0.0321. The average molecular weight is 468 g/mol. The molecule has 0 saturated carbocycles. The quantitative estimate of drug-likeness (QED) is 0.463. The third kappa shape index (κ3) is 7.85. The van der Waals surface area contributed by atoms with Gasteiger partial charge in [0, 0.05) is 51.3 Å². The third-order valence-corrected chi connectivity index (χ3v) is 6.08. The van der Waals surface area contributed by atoms with Gasteiger partial charge in [-0.1, -0.05) is 30.3 Å². The van der Waals surface area contributed by atoms with Crippen molar-refractivity contribution in [1.82, 2.24) is 5.32 Å². The molecule has 1 aliphatic heterocycles. The zero-order valence-electron chi connectivity index (χ0n) is 20.3. The summed E-state index contributed by atoms with van der Waals surface area (Å²) < 4.78 is 10.3. The molecule has 0 aliphatic carbocycles. The summed E-state index contributed by atoms with van der Waals surface area (Å²) in [6, 6.07) is 16.2. The Morgan fingerprint density at radius 2 is 1.85 bits per heavy atom. The summed E-state index contributed by atoms with van der Waals surface area (Å²) in [6.07, 6.45) is 4.00. The molecule has 7 nitrogen and oxygen atoms in total. The first-order chi connectivity index (χ1) is 16.6. The monoisotopic (exact) mass is 467 g/mol. The lowest BCUT2D eigenvalue weighted by molar-refractivity contribution is -0.119. The van der Waals surface area contributed by atoms with Crippen molar-refractivity contribution < 1.29 is 19.1 Å². The zero-order chi connectivity index (χ0) is 24.2. The van der Waals surface area contributed by atoms with E-state index in [1.54, 1.807) is 6.07 Å². The lowest BCUT2D eigenvalue weighted by Gasteiger charge is -2.35. The summed E-state index contributed by atoms with van der Waals surface area (Å²) in [5, 5.41) is 5.81. The summed E-state index contributed by atoms with van der Waals surface area (Å²) >= 11 is 0. The van der Waals surface area contributed by atoms with Crippen molar-refractivity contribution >= 4 is 23.2 Å². The SMILES string of the molecule is CCOCCCNC(=O)c1cc(NC(=O)COC)ccc1N1CCC(Cc2ccccc2)CC1. The zero-order valence-corrected chi connectivity index (χ0v) is 20.3. The van der Waals surface area contributed by atoms with Crippen molar-refractivity contribution in [3.8, 4) is 0 Å². The largest absolute Gasteiger partial charge is 0.382 e. The predicted octanol–water partition coefficient (Wildman–Crippen LogP) is 3.89. The molecule has 34 heavy (non-hydrogen) atoms. The van der Waals surface area contributed by atoms with Crippen molar-refractivity contribution in [2.75, 3.05) is 56.8 Å². The van der Waals surface area contributed by atoms with E-state index in [1.165, 1.54) is 12.7 Å². The van der Waals surface area contributed by atoms with Crippen LogP contribution in [-0.4, -0.2) is 58.4 Å². The molecule has 2 amide bonds. The number of nitrogens with zero attached hydrogens (tertiary/aromatic N) is 1. The molecule has 184 valence electrons. The van der Waals surface area contributed by atoms with Crippen LogP contribution in [0.3, 0.4) is 0 Å². The van der Waals surface area contributed by atoms with Gasteiger partial charge in [0.25, 0.3) is 5.91 Å². The summed E-state index contributed by atoms with van der Waals surface area (Å²) in [5.74, 6) is 0.253. The highest BCUT2D eigenvalue weighted by Gasteiger charge is 2.23. The average Bonchev–Trinajstić information content (AvgIpc) is 2.85. The minimum Gasteiger partial charge on any atom is -0.382 e. The molecule has 0 aromatic heterocycles. The minimum atomic E-state index is -0.250. The van der Waals surface area contributed by atoms with E-state index in [1.807, 2.05) is 19.1 Å². The lowest BCUT2D eigenvalue weighted by Crippen LogP contribution is -2.36. The van der Waals surface area contributed by atoms with E-state index in [4.69, 9.17) is 9.47 Å². The maximum absolute atomic E-state index is 13.1. The Morgan fingerprint density at radius 1 is 1.09 bits per heavy atom. The molecule has 2 N–H and O–H groups in total. The van der Waals surface area contributed by atoms with E-state index in [2.05, 4.69) is 45.9 Å². The van der Waals surface area contributed by atoms with Crippen LogP contribution in [0.25, 0.3) is 0 Å². The summed E-state index contributed by atoms with van der Waals surface area (Å²) in [7, 11) is 1.48. The van der Waals surface area contributed by atoms with Crippen LogP contribution >= 0.6 is 0 Å². The second-order valence-electron chi connectivity index (χ2n) is 8.64. The van der Waals surface area contributed by atoms with E-state index in [0.717, 1.165) is 44.5 Å². The normalized spacial score (nSPS) is 14.1. The van der Waals surface area contributed by atoms with Gasteiger partial charge in [-0.05, 0) is 62.3 Å². The Balaban J connectivity index is 1.68. The number of hydrogen-bond donors (Lipinski definition) is 2. The van der Waals surface area contributed by atoms with E-state index in [0.29, 0.717) is 36.9 Å². The molecule has 1 heterocycles. The number of carbonyl (C=O) groups is 2. The van der Waals surface area contributed by atoms with Crippen LogP contribution in [-0.2, 0) is 20.7 Å². The number of ether oxygens (including phenoxy) is 2. The van der Waals surface area contributed by atoms with Crippen molar-refractivity contribution in [2.45, 2.75) is 32.6 Å². The fourth-order valence-electron chi connectivity index (χ4n) is 4.34. The highest BCUT2D eigenvalue weighted by atomic mass is 16.5. The molecule has 1 aliphatic rings. The first-order valence-corrected chi connectivity index (χ1v) is 12.2. The number of methoxy groups -OCH3 is 1. The first kappa shape index (κ1) is 25.7. The number of piperidine rings is 1. The first-order valence-electron chi connectivity index (χ1n) is 12.2. The number of rotatable bonds is 12. The van der Waals surface area contributed by atoms with Crippen LogP contribution in [0.2, 0.25) is 0 Å². The van der Waals surface area contributed by atoms with Gasteiger partial charge < -0.3 is 25.0 Å². The van der Waals surface area contributed by atoms with E-state index in [-0.39, 0.29) is 18.4 Å². The molecule has 0 bridgehead atoms. The number of benzene rings is 2. The Hall–Kier alpha value is -2.90. The maximum atomic E-state index is 13.1. The highest BCUT2D eigenvalue weighted by molar-refractivity contribution is 6.02. The van der Waals surface area contributed by atoms with Gasteiger partial charge in [-0.15, -0.1) is 0 Å². The Bertz CT molecular complexity index is 911. The molecular formula is C27H37N3O4. The molecule has 0 unspecified atom stereocenters. The van der Waals surface area contributed by atoms with Crippen LogP contribution in [0.15, 0.2) is 48.5 Å². The Labute approximate surface area is 202 Å². The predicted molar refractivity (Wildman–Crippen MR) is 135 cm³/mol. The van der Waals surface area contributed by atoms with Gasteiger partial charge in [0.05, 0.1) is 5.56 Å². The molecule has 0 atom stereocenters. The summed E-state index contributed by atoms with van der Waals surface area (Å²) in [4.78, 5) is 27.4.